The minimum absolute atomic E-state index is 0.0947. The SMILES string of the molecule is CN(C)CCN1c2cc(Cl)ccc2C(=O)N[C@@H]1c1ccc(Cl)cc1. The van der Waals surface area contributed by atoms with Crippen molar-refractivity contribution >= 4 is 34.8 Å². The number of rotatable bonds is 4. The van der Waals surface area contributed by atoms with Crippen LogP contribution in [0.4, 0.5) is 5.69 Å². The highest BCUT2D eigenvalue weighted by Gasteiger charge is 2.31. The summed E-state index contributed by atoms with van der Waals surface area (Å²) in [7, 11) is 4.05. The van der Waals surface area contributed by atoms with Crippen LogP contribution in [0.5, 0.6) is 0 Å². The molecule has 3 rings (SSSR count). The molecule has 4 nitrogen and oxygen atoms in total. The Bertz CT molecular complexity index is 746. The zero-order valence-electron chi connectivity index (χ0n) is 13.6. The average Bonchev–Trinajstić information content (AvgIpc) is 2.54. The van der Waals surface area contributed by atoms with E-state index in [2.05, 4.69) is 15.1 Å². The molecule has 1 aliphatic rings. The van der Waals surface area contributed by atoms with Crippen LogP contribution in [0.25, 0.3) is 0 Å². The van der Waals surface area contributed by atoms with Crippen molar-refractivity contribution in [3.63, 3.8) is 0 Å². The number of fused-ring (bicyclic) bond motifs is 1. The van der Waals surface area contributed by atoms with Crippen molar-refractivity contribution in [3.8, 4) is 0 Å². The molecule has 2 aromatic carbocycles. The molecule has 2 aromatic rings. The number of nitrogens with one attached hydrogen (secondary N) is 1. The minimum Gasteiger partial charge on any atom is -0.345 e. The van der Waals surface area contributed by atoms with E-state index in [9.17, 15) is 4.79 Å². The van der Waals surface area contributed by atoms with Gasteiger partial charge in [0.15, 0.2) is 0 Å². The molecule has 0 aromatic heterocycles. The monoisotopic (exact) mass is 363 g/mol. The van der Waals surface area contributed by atoms with Gasteiger partial charge in [-0.15, -0.1) is 0 Å². The summed E-state index contributed by atoms with van der Waals surface area (Å²) in [4.78, 5) is 16.8. The molecule has 1 N–H and O–H groups in total. The van der Waals surface area contributed by atoms with Gasteiger partial charge in [-0.3, -0.25) is 4.79 Å². The first-order chi connectivity index (χ1) is 11.5. The highest BCUT2D eigenvalue weighted by molar-refractivity contribution is 6.31. The molecule has 1 amide bonds. The van der Waals surface area contributed by atoms with Crippen LogP contribution in [0.3, 0.4) is 0 Å². The lowest BCUT2D eigenvalue weighted by molar-refractivity contribution is 0.0926. The van der Waals surface area contributed by atoms with Crippen LogP contribution in [0.2, 0.25) is 10.0 Å². The van der Waals surface area contributed by atoms with Gasteiger partial charge in [-0.2, -0.15) is 0 Å². The third-order valence-electron chi connectivity index (χ3n) is 4.07. The van der Waals surface area contributed by atoms with Crippen molar-refractivity contribution in [2.24, 2.45) is 0 Å². The van der Waals surface area contributed by atoms with Gasteiger partial charge in [-0.05, 0) is 50.0 Å². The number of carbonyl (C=O) groups excluding carboxylic acids is 1. The predicted molar refractivity (Wildman–Crippen MR) is 99.0 cm³/mol. The Labute approximate surface area is 152 Å². The number of nitrogens with zero attached hydrogens (tertiary/aromatic N) is 2. The largest absolute Gasteiger partial charge is 0.345 e. The molecule has 0 aliphatic carbocycles. The summed E-state index contributed by atoms with van der Waals surface area (Å²) < 4.78 is 0. The lowest BCUT2D eigenvalue weighted by Crippen LogP contribution is -2.48. The number of benzene rings is 2. The first-order valence-corrected chi connectivity index (χ1v) is 8.48. The van der Waals surface area contributed by atoms with Gasteiger partial charge in [0.05, 0.1) is 11.3 Å². The molecule has 0 saturated heterocycles. The Balaban J connectivity index is 2.03. The number of carbonyl (C=O) groups is 1. The van der Waals surface area contributed by atoms with Crippen molar-refractivity contribution in [2.45, 2.75) is 6.17 Å². The lowest BCUT2D eigenvalue weighted by Gasteiger charge is -2.40. The molecule has 24 heavy (non-hydrogen) atoms. The molecule has 126 valence electrons. The highest BCUT2D eigenvalue weighted by atomic mass is 35.5. The number of amides is 1. The minimum atomic E-state index is -0.249. The van der Waals surface area contributed by atoms with E-state index < -0.39 is 0 Å². The van der Waals surface area contributed by atoms with E-state index in [1.807, 2.05) is 44.4 Å². The fraction of sp³-hybridized carbons (Fsp3) is 0.278. The molecular formula is C18H19Cl2N3O. The predicted octanol–water partition coefficient (Wildman–Crippen LogP) is 3.80. The van der Waals surface area contributed by atoms with E-state index in [-0.39, 0.29) is 12.1 Å². The lowest BCUT2D eigenvalue weighted by atomic mass is 10.0. The molecule has 0 radical (unpaired) electrons. The number of hydrogen-bond acceptors (Lipinski definition) is 3. The Morgan fingerprint density at radius 2 is 1.75 bits per heavy atom. The van der Waals surface area contributed by atoms with E-state index in [1.54, 1.807) is 12.1 Å². The maximum atomic E-state index is 12.5. The second-order valence-corrected chi connectivity index (χ2v) is 6.96. The number of hydrogen-bond donors (Lipinski definition) is 1. The Hall–Kier alpha value is -1.75. The summed E-state index contributed by atoms with van der Waals surface area (Å²) in [6, 6.07) is 12.9. The number of likely N-dealkylation sites (N-methyl/N-ethyl adjacent to an activating group) is 1. The molecular weight excluding hydrogens is 345 g/mol. The van der Waals surface area contributed by atoms with E-state index in [0.717, 1.165) is 24.3 Å². The molecule has 0 spiro atoms. The smallest absolute Gasteiger partial charge is 0.255 e. The third-order valence-corrected chi connectivity index (χ3v) is 4.55. The maximum absolute atomic E-state index is 12.5. The van der Waals surface area contributed by atoms with Crippen LogP contribution in [0.15, 0.2) is 42.5 Å². The topological polar surface area (TPSA) is 35.6 Å². The average molecular weight is 364 g/mol. The molecule has 0 fully saturated rings. The normalized spacial score (nSPS) is 17.0. The first kappa shape index (κ1) is 17.1. The van der Waals surface area contributed by atoms with Crippen LogP contribution in [-0.4, -0.2) is 38.0 Å². The summed E-state index contributed by atoms with van der Waals surface area (Å²) in [5.41, 5.74) is 2.48. The molecule has 0 saturated carbocycles. The molecule has 0 unspecified atom stereocenters. The Morgan fingerprint density at radius 1 is 1.08 bits per heavy atom. The summed E-state index contributed by atoms with van der Waals surface area (Å²) >= 11 is 12.2. The summed E-state index contributed by atoms with van der Waals surface area (Å²) in [5.74, 6) is -0.0947. The van der Waals surface area contributed by atoms with Gasteiger partial charge in [0.25, 0.3) is 5.91 Å². The second kappa shape index (κ2) is 7.01. The van der Waals surface area contributed by atoms with Crippen molar-refractivity contribution in [2.75, 3.05) is 32.1 Å². The van der Waals surface area contributed by atoms with Crippen LogP contribution in [0, 0.1) is 0 Å². The van der Waals surface area contributed by atoms with Gasteiger partial charge in [0.2, 0.25) is 0 Å². The van der Waals surface area contributed by atoms with Crippen LogP contribution in [-0.2, 0) is 0 Å². The molecule has 6 heteroatoms. The third kappa shape index (κ3) is 3.51. The van der Waals surface area contributed by atoms with Gasteiger partial charge in [-0.1, -0.05) is 35.3 Å². The zero-order valence-corrected chi connectivity index (χ0v) is 15.1. The van der Waals surface area contributed by atoms with Gasteiger partial charge in [-0.25, -0.2) is 0 Å². The number of anilines is 1. The van der Waals surface area contributed by atoms with Crippen molar-refractivity contribution in [3.05, 3.63) is 63.6 Å². The molecule has 1 aliphatic heterocycles. The van der Waals surface area contributed by atoms with Crippen molar-refractivity contribution in [1.82, 2.24) is 10.2 Å². The van der Waals surface area contributed by atoms with E-state index in [4.69, 9.17) is 23.2 Å². The quantitative estimate of drug-likeness (QED) is 0.896. The standard InChI is InChI=1S/C18H19Cl2N3O/c1-22(2)9-10-23-16-11-14(20)7-8-15(16)18(24)21-17(23)12-3-5-13(19)6-4-12/h3-8,11,17H,9-10H2,1-2H3,(H,21,24)/t17-/m0/s1. The summed E-state index contributed by atoms with van der Waals surface area (Å²) in [5, 5.41) is 4.37. The fourth-order valence-corrected chi connectivity index (χ4v) is 3.11. The van der Waals surface area contributed by atoms with Crippen LogP contribution < -0.4 is 10.2 Å². The Morgan fingerprint density at radius 3 is 2.42 bits per heavy atom. The molecule has 1 heterocycles. The Kier molecular flexibility index (Phi) is 4.99. The molecule has 0 bridgehead atoms. The first-order valence-electron chi connectivity index (χ1n) is 7.73. The van der Waals surface area contributed by atoms with Crippen LogP contribution in [0.1, 0.15) is 22.1 Å². The van der Waals surface area contributed by atoms with E-state index in [1.165, 1.54) is 0 Å². The maximum Gasteiger partial charge on any atom is 0.255 e. The van der Waals surface area contributed by atoms with Crippen molar-refractivity contribution in [1.29, 1.82) is 0 Å². The van der Waals surface area contributed by atoms with E-state index in [0.29, 0.717) is 15.6 Å². The van der Waals surface area contributed by atoms with Gasteiger partial charge in [0, 0.05) is 23.1 Å². The van der Waals surface area contributed by atoms with Crippen molar-refractivity contribution < 1.29 is 4.79 Å². The van der Waals surface area contributed by atoms with E-state index >= 15 is 0 Å². The van der Waals surface area contributed by atoms with Gasteiger partial charge < -0.3 is 15.1 Å². The second-order valence-electron chi connectivity index (χ2n) is 6.09. The summed E-state index contributed by atoms with van der Waals surface area (Å²) in [6.07, 6.45) is -0.249. The highest BCUT2D eigenvalue weighted by Crippen LogP contribution is 2.35. The van der Waals surface area contributed by atoms with Crippen LogP contribution >= 0.6 is 23.2 Å². The van der Waals surface area contributed by atoms with Gasteiger partial charge in [0.1, 0.15) is 6.17 Å². The summed E-state index contributed by atoms with van der Waals surface area (Å²) in [6.45, 7) is 1.61. The fourth-order valence-electron chi connectivity index (χ4n) is 2.82. The molecule has 1 atom stereocenters. The zero-order chi connectivity index (χ0) is 17.3. The van der Waals surface area contributed by atoms with Gasteiger partial charge >= 0.3 is 0 Å². The number of halogens is 2.